The molecule has 156 valence electrons. The van der Waals surface area contributed by atoms with Crippen LogP contribution in [0.5, 0.6) is 0 Å². The molecule has 1 unspecified atom stereocenters. The predicted molar refractivity (Wildman–Crippen MR) is 117 cm³/mol. The Morgan fingerprint density at radius 1 is 1.14 bits per heavy atom. The van der Waals surface area contributed by atoms with Crippen molar-refractivity contribution in [3.8, 4) is 0 Å². The van der Waals surface area contributed by atoms with Gasteiger partial charge in [0.1, 0.15) is 5.00 Å². The van der Waals surface area contributed by atoms with Crippen molar-refractivity contribution in [3.05, 3.63) is 33.5 Å². The number of esters is 1. The zero-order valence-corrected chi connectivity index (χ0v) is 19.0. The number of carbonyl (C=O) groups excluding carboxylic acids is 2. The van der Waals surface area contributed by atoms with Gasteiger partial charge in [-0.3, -0.25) is 4.79 Å². The molecule has 1 aliphatic rings. The first-order chi connectivity index (χ1) is 13.9. The minimum absolute atomic E-state index is 0.169. The van der Waals surface area contributed by atoms with Crippen molar-refractivity contribution in [1.82, 2.24) is 9.97 Å². The summed E-state index contributed by atoms with van der Waals surface area (Å²) in [4.78, 5) is 35.3. The van der Waals surface area contributed by atoms with Gasteiger partial charge in [-0.25, -0.2) is 14.8 Å². The Morgan fingerprint density at radius 2 is 1.79 bits per heavy atom. The molecule has 2 heterocycles. The van der Waals surface area contributed by atoms with Gasteiger partial charge in [-0.2, -0.15) is 0 Å². The number of aryl methyl sites for hydroxylation is 3. The van der Waals surface area contributed by atoms with Gasteiger partial charge in [0, 0.05) is 16.3 Å². The SMILES string of the molecule is COC(=O)c1c(NC(=O)C(C)Sc2nc(C)cc(C)n2)sc2c1CCCCCC2. The van der Waals surface area contributed by atoms with E-state index in [9.17, 15) is 9.59 Å². The molecule has 2 aromatic heterocycles. The standard InChI is InChI=1S/C21H27N3O3S2/c1-12-11-13(2)23-21(22-12)28-14(3)18(25)24-19-17(20(26)27-4)15-9-7-5-6-8-10-16(15)29-19/h11,14H,5-10H2,1-4H3,(H,24,25). The van der Waals surface area contributed by atoms with Crippen molar-refractivity contribution < 1.29 is 14.3 Å². The maximum atomic E-state index is 12.9. The molecule has 0 fully saturated rings. The third-order valence-electron chi connectivity index (χ3n) is 4.91. The normalized spacial score (nSPS) is 15.0. The van der Waals surface area contributed by atoms with Gasteiger partial charge in [-0.1, -0.05) is 24.6 Å². The number of hydrogen-bond acceptors (Lipinski definition) is 7. The summed E-state index contributed by atoms with van der Waals surface area (Å²) < 4.78 is 5.03. The third-order valence-corrected chi connectivity index (χ3v) is 7.08. The summed E-state index contributed by atoms with van der Waals surface area (Å²) in [5.41, 5.74) is 3.33. The van der Waals surface area contributed by atoms with Crippen LogP contribution in [0.3, 0.4) is 0 Å². The fraction of sp³-hybridized carbons (Fsp3) is 0.524. The van der Waals surface area contributed by atoms with Gasteiger partial charge in [-0.05, 0) is 58.1 Å². The van der Waals surface area contributed by atoms with E-state index >= 15 is 0 Å². The minimum atomic E-state index is -0.397. The molecule has 0 radical (unpaired) electrons. The predicted octanol–water partition coefficient (Wildman–Crippen LogP) is 4.72. The molecule has 6 nitrogen and oxygen atoms in total. The van der Waals surface area contributed by atoms with Crippen molar-refractivity contribution in [2.75, 3.05) is 12.4 Å². The Hall–Kier alpha value is -1.93. The van der Waals surface area contributed by atoms with Gasteiger partial charge in [0.05, 0.1) is 17.9 Å². The number of hydrogen-bond donors (Lipinski definition) is 1. The maximum absolute atomic E-state index is 12.9. The van der Waals surface area contributed by atoms with Crippen molar-refractivity contribution >= 4 is 40.0 Å². The Bertz CT molecular complexity index is 891. The molecule has 1 atom stereocenters. The fourth-order valence-electron chi connectivity index (χ4n) is 3.50. The van der Waals surface area contributed by atoms with Gasteiger partial charge < -0.3 is 10.1 Å². The van der Waals surface area contributed by atoms with Crippen LogP contribution < -0.4 is 5.32 Å². The Kier molecular flexibility index (Phi) is 7.29. The maximum Gasteiger partial charge on any atom is 0.341 e. The molecule has 0 saturated heterocycles. The summed E-state index contributed by atoms with van der Waals surface area (Å²) in [6, 6.07) is 1.90. The molecule has 0 saturated carbocycles. The molecule has 1 N–H and O–H groups in total. The first-order valence-electron chi connectivity index (χ1n) is 9.91. The summed E-state index contributed by atoms with van der Waals surface area (Å²) >= 11 is 2.83. The van der Waals surface area contributed by atoms with Crippen LogP contribution in [0.2, 0.25) is 0 Å². The molecule has 8 heteroatoms. The number of nitrogens with zero attached hydrogens (tertiary/aromatic N) is 2. The lowest BCUT2D eigenvalue weighted by atomic mass is 9.96. The van der Waals surface area contributed by atoms with E-state index in [1.807, 2.05) is 26.8 Å². The summed E-state index contributed by atoms with van der Waals surface area (Å²) in [5.74, 6) is -0.548. The lowest BCUT2D eigenvalue weighted by molar-refractivity contribution is -0.115. The number of ether oxygens (including phenoxy) is 1. The number of thioether (sulfide) groups is 1. The average Bonchev–Trinajstić information content (AvgIpc) is 2.96. The van der Waals surface area contributed by atoms with E-state index in [4.69, 9.17) is 4.74 Å². The van der Waals surface area contributed by atoms with E-state index in [2.05, 4.69) is 15.3 Å². The highest BCUT2D eigenvalue weighted by molar-refractivity contribution is 8.00. The molecule has 1 aliphatic carbocycles. The van der Waals surface area contributed by atoms with Gasteiger partial charge in [-0.15, -0.1) is 11.3 Å². The number of aromatic nitrogens is 2. The van der Waals surface area contributed by atoms with Gasteiger partial charge in [0.15, 0.2) is 5.16 Å². The zero-order chi connectivity index (χ0) is 21.0. The van der Waals surface area contributed by atoms with Gasteiger partial charge >= 0.3 is 5.97 Å². The second kappa shape index (κ2) is 9.71. The second-order valence-electron chi connectivity index (χ2n) is 7.30. The Balaban J connectivity index is 1.81. The Morgan fingerprint density at radius 3 is 2.45 bits per heavy atom. The average molecular weight is 434 g/mol. The number of anilines is 1. The molecule has 0 bridgehead atoms. The van der Waals surface area contributed by atoms with Crippen molar-refractivity contribution in [2.45, 2.75) is 69.7 Å². The topological polar surface area (TPSA) is 81.2 Å². The lowest BCUT2D eigenvalue weighted by Crippen LogP contribution is -2.23. The lowest BCUT2D eigenvalue weighted by Gasteiger charge is -2.12. The number of fused-ring (bicyclic) bond motifs is 1. The molecular weight excluding hydrogens is 406 g/mol. The minimum Gasteiger partial charge on any atom is -0.465 e. The van der Waals surface area contributed by atoms with Crippen LogP contribution in [0.15, 0.2) is 11.2 Å². The van der Waals surface area contributed by atoms with Crippen molar-refractivity contribution in [3.63, 3.8) is 0 Å². The van der Waals surface area contributed by atoms with Gasteiger partial charge in [0.2, 0.25) is 5.91 Å². The van der Waals surface area contributed by atoms with E-state index in [0.29, 0.717) is 15.7 Å². The largest absolute Gasteiger partial charge is 0.465 e. The number of nitrogens with one attached hydrogen (secondary N) is 1. The highest BCUT2D eigenvalue weighted by Crippen LogP contribution is 2.38. The highest BCUT2D eigenvalue weighted by atomic mass is 32.2. The molecule has 0 aliphatic heterocycles. The Labute approximate surface area is 179 Å². The summed E-state index contributed by atoms with van der Waals surface area (Å²) in [5, 5.41) is 3.76. The molecular formula is C21H27N3O3S2. The van der Waals surface area contributed by atoms with E-state index in [1.54, 1.807) is 0 Å². The van der Waals surface area contributed by atoms with E-state index < -0.39 is 5.25 Å². The van der Waals surface area contributed by atoms with Crippen LogP contribution in [0.25, 0.3) is 0 Å². The summed E-state index contributed by atoms with van der Waals surface area (Å²) in [6.45, 7) is 5.64. The molecule has 0 aromatic carbocycles. The van der Waals surface area contributed by atoms with E-state index in [0.717, 1.165) is 42.6 Å². The van der Waals surface area contributed by atoms with Crippen LogP contribution in [0.4, 0.5) is 5.00 Å². The van der Waals surface area contributed by atoms with E-state index in [-0.39, 0.29) is 11.9 Å². The van der Waals surface area contributed by atoms with Crippen molar-refractivity contribution in [1.29, 1.82) is 0 Å². The van der Waals surface area contributed by atoms with Crippen LogP contribution >= 0.6 is 23.1 Å². The fourth-order valence-corrected chi connectivity index (χ4v) is 5.65. The van der Waals surface area contributed by atoms with Crippen LogP contribution in [0.1, 0.15) is 64.8 Å². The summed E-state index contributed by atoms with van der Waals surface area (Å²) in [6.07, 6.45) is 6.33. The highest BCUT2D eigenvalue weighted by Gasteiger charge is 2.27. The number of thiophene rings is 1. The quantitative estimate of drug-likeness (QED) is 0.417. The number of methoxy groups -OCH3 is 1. The summed E-state index contributed by atoms with van der Waals surface area (Å²) in [7, 11) is 1.39. The van der Waals surface area contributed by atoms with Crippen LogP contribution in [-0.2, 0) is 22.4 Å². The molecule has 2 aromatic rings. The molecule has 0 spiro atoms. The first-order valence-corrected chi connectivity index (χ1v) is 11.6. The van der Waals surface area contributed by atoms with Crippen LogP contribution in [-0.4, -0.2) is 34.2 Å². The van der Waals surface area contributed by atoms with Crippen LogP contribution in [0, 0.1) is 13.8 Å². The van der Waals surface area contributed by atoms with Crippen molar-refractivity contribution in [2.24, 2.45) is 0 Å². The zero-order valence-electron chi connectivity index (χ0n) is 17.3. The van der Waals surface area contributed by atoms with Gasteiger partial charge in [0.25, 0.3) is 0 Å². The number of rotatable bonds is 5. The first kappa shape index (κ1) is 21.8. The third kappa shape index (κ3) is 5.36. The number of amides is 1. The monoisotopic (exact) mass is 433 g/mol. The number of carbonyl (C=O) groups is 2. The molecule has 1 amide bonds. The molecule has 3 rings (SSSR count). The second-order valence-corrected chi connectivity index (χ2v) is 9.71. The smallest absolute Gasteiger partial charge is 0.341 e. The van der Waals surface area contributed by atoms with E-state index in [1.165, 1.54) is 47.9 Å². The molecule has 29 heavy (non-hydrogen) atoms.